The molecule has 0 bridgehead atoms. The van der Waals surface area contributed by atoms with E-state index in [9.17, 15) is 4.79 Å². The molecule has 158 valence electrons. The number of rotatable bonds is 4. The Labute approximate surface area is 178 Å². The molecule has 1 aromatic carbocycles. The maximum absolute atomic E-state index is 12.6. The third kappa shape index (κ3) is 4.16. The number of carbonyl (C=O) groups excluding carboxylic acids is 1. The molecular weight excluding hydrogens is 402 g/mol. The van der Waals surface area contributed by atoms with Crippen molar-refractivity contribution in [3.05, 3.63) is 30.0 Å². The van der Waals surface area contributed by atoms with Crippen molar-refractivity contribution in [3.63, 3.8) is 0 Å². The maximum Gasteiger partial charge on any atom is 0.322 e. The number of carbonyl (C=O) groups is 1. The minimum atomic E-state index is -0.0955. The first-order chi connectivity index (χ1) is 14.8. The number of anilines is 1. The summed E-state index contributed by atoms with van der Waals surface area (Å²) >= 11 is 1.87. The van der Waals surface area contributed by atoms with Gasteiger partial charge in [0.1, 0.15) is 5.69 Å². The Morgan fingerprint density at radius 1 is 1.20 bits per heavy atom. The predicted octanol–water partition coefficient (Wildman–Crippen LogP) is 2.37. The van der Waals surface area contributed by atoms with E-state index in [4.69, 9.17) is 9.72 Å². The molecule has 10 heteroatoms. The molecule has 2 amide bonds. The number of H-pyrrole nitrogens is 2. The Hall–Kier alpha value is -2.56. The third-order valence-electron chi connectivity index (χ3n) is 5.47. The van der Waals surface area contributed by atoms with Gasteiger partial charge in [-0.1, -0.05) is 6.07 Å². The second-order valence-electron chi connectivity index (χ2n) is 7.51. The first-order valence-electron chi connectivity index (χ1n) is 10.2. The first kappa shape index (κ1) is 19.4. The number of nitrogens with one attached hydrogen (secondary N) is 3. The molecule has 5 rings (SSSR count). The number of urea groups is 1. The first-order valence-corrected chi connectivity index (χ1v) is 11.4. The fraction of sp³-hybridized carbons (Fsp3) is 0.450. The van der Waals surface area contributed by atoms with Crippen LogP contribution in [0.1, 0.15) is 5.56 Å². The molecule has 2 aliphatic heterocycles. The number of ether oxygens (including phenoxy) is 1. The largest absolute Gasteiger partial charge is 0.379 e. The second kappa shape index (κ2) is 8.66. The van der Waals surface area contributed by atoms with Gasteiger partial charge in [0.15, 0.2) is 5.82 Å². The highest BCUT2D eigenvalue weighted by Gasteiger charge is 2.20. The van der Waals surface area contributed by atoms with E-state index in [0.717, 1.165) is 68.5 Å². The van der Waals surface area contributed by atoms with Gasteiger partial charge in [0.25, 0.3) is 0 Å². The molecular formula is C20H25N7O2S. The summed E-state index contributed by atoms with van der Waals surface area (Å²) in [6.07, 6.45) is 1.63. The Morgan fingerprint density at radius 3 is 2.87 bits per heavy atom. The van der Waals surface area contributed by atoms with Crippen molar-refractivity contribution < 1.29 is 9.53 Å². The summed E-state index contributed by atoms with van der Waals surface area (Å²) in [5, 5.41) is 10.1. The molecule has 0 atom stereocenters. The molecule has 2 aliphatic rings. The van der Waals surface area contributed by atoms with Crippen molar-refractivity contribution in [1.29, 1.82) is 0 Å². The van der Waals surface area contributed by atoms with Crippen LogP contribution < -0.4 is 5.32 Å². The molecule has 0 radical (unpaired) electrons. The fourth-order valence-corrected chi connectivity index (χ4v) is 4.72. The average Bonchev–Trinajstić information content (AvgIpc) is 3.41. The molecule has 0 aliphatic carbocycles. The van der Waals surface area contributed by atoms with Crippen LogP contribution in [0.2, 0.25) is 0 Å². The summed E-state index contributed by atoms with van der Waals surface area (Å²) < 4.78 is 5.43. The van der Waals surface area contributed by atoms with Crippen LogP contribution in [0.5, 0.6) is 0 Å². The number of hydrogen-bond donors (Lipinski definition) is 3. The smallest absolute Gasteiger partial charge is 0.322 e. The lowest BCUT2D eigenvalue weighted by molar-refractivity contribution is 0.0342. The van der Waals surface area contributed by atoms with E-state index in [-0.39, 0.29) is 6.03 Å². The Morgan fingerprint density at radius 2 is 2.03 bits per heavy atom. The highest BCUT2D eigenvalue weighted by atomic mass is 32.2. The molecule has 3 aromatic rings. The quantitative estimate of drug-likeness (QED) is 0.591. The molecule has 2 saturated heterocycles. The predicted molar refractivity (Wildman–Crippen MR) is 118 cm³/mol. The van der Waals surface area contributed by atoms with Gasteiger partial charge in [-0.3, -0.25) is 10.00 Å². The van der Waals surface area contributed by atoms with Gasteiger partial charge in [0.05, 0.1) is 36.1 Å². The van der Waals surface area contributed by atoms with Gasteiger partial charge in [-0.05, 0) is 17.7 Å². The molecule has 0 unspecified atom stereocenters. The molecule has 30 heavy (non-hydrogen) atoms. The van der Waals surface area contributed by atoms with Crippen LogP contribution in [0.15, 0.2) is 24.4 Å². The number of hydrogen-bond acceptors (Lipinski definition) is 6. The zero-order valence-electron chi connectivity index (χ0n) is 16.7. The Kier molecular flexibility index (Phi) is 5.60. The SMILES string of the molecule is O=C(Nc1cn[nH]c1-c1nc2ccc(CN3CCOCC3)cc2[nH]1)N1CCSCC1. The standard InChI is InChI=1S/C20H25N7O2S/c28-20(27-5-9-30-10-6-27)24-17-12-21-25-18(17)19-22-15-2-1-14(11-16(15)23-19)13-26-3-7-29-8-4-26/h1-2,11-12H,3-10,13H2,(H,21,25)(H,22,23)(H,24,28). The van der Waals surface area contributed by atoms with Gasteiger partial charge in [-0.25, -0.2) is 9.78 Å². The number of thioether (sulfide) groups is 1. The number of imidazole rings is 1. The second-order valence-corrected chi connectivity index (χ2v) is 8.74. The fourth-order valence-electron chi connectivity index (χ4n) is 3.81. The molecule has 0 spiro atoms. The maximum atomic E-state index is 12.6. The molecule has 2 fully saturated rings. The van der Waals surface area contributed by atoms with Gasteiger partial charge < -0.3 is 19.9 Å². The van der Waals surface area contributed by atoms with Gasteiger partial charge in [0, 0.05) is 44.2 Å². The summed E-state index contributed by atoms with van der Waals surface area (Å²) in [6.45, 7) is 5.92. The van der Waals surface area contributed by atoms with Crippen LogP contribution in [0, 0.1) is 0 Å². The van der Waals surface area contributed by atoms with Crippen LogP contribution >= 0.6 is 11.8 Å². The minimum Gasteiger partial charge on any atom is -0.379 e. The van der Waals surface area contributed by atoms with Crippen molar-refractivity contribution in [2.45, 2.75) is 6.54 Å². The van der Waals surface area contributed by atoms with E-state index in [2.05, 4.69) is 37.5 Å². The van der Waals surface area contributed by atoms with Crippen molar-refractivity contribution in [1.82, 2.24) is 30.0 Å². The number of nitrogens with zero attached hydrogens (tertiary/aromatic N) is 4. The Balaban J connectivity index is 1.33. The highest BCUT2D eigenvalue weighted by molar-refractivity contribution is 7.99. The lowest BCUT2D eigenvalue weighted by Crippen LogP contribution is -2.40. The number of benzene rings is 1. The number of aromatic amines is 2. The number of morpholine rings is 1. The van der Waals surface area contributed by atoms with Crippen molar-refractivity contribution in [3.8, 4) is 11.5 Å². The third-order valence-corrected chi connectivity index (χ3v) is 6.41. The van der Waals surface area contributed by atoms with Gasteiger partial charge in [-0.15, -0.1) is 0 Å². The molecule has 3 N–H and O–H groups in total. The zero-order chi connectivity index (χ0) is 20.3. The van der Waals surface area contributed by atoms with Crippen LogP contribution in [0.3, 0.4) is 0 Å². The normalized spacial score (nSPS) is 18.1. The molecule has 9 nitrogen and oxygen atoms in total. The molecule has 0 saturated carbocycles. The van der Waals surface area contributed by atoms with E-state index in [1.54, 1.807) is 6.20 Å². The number of aromatic nitrogens is 4. The van der Waals surface area contributed by atoms with Gasteiger partial charge in [-0.2, -0.15) is 16.9 Å². The summed E-state index contributed by atoms with van der Waals surface area (Å²) in [7, 11) is 0. The molecule has 2 aromatic heterocycles. The van der Waals surface area contributed by atoms with E-state index in [1.807, 2.05) is 22.7 Å². The van der Waals surface area contributed by atoms with Crippen molar-refractivity contribution in [2.24, 2.45) is 0 Å². The zero-order valence-corrected chi connectivity index (χ0v) is 17.5. The summed E-state index contributed by atoms with van der Waals surface area (Å²) in [5.74, 6) is 2.61. The van der Waals surface area contributed by atoms with Gasteiger partial charge in [0.2, 0.25) is 0 Å². The topological polar surface area (TPSA) is 102 Å². The summed E-state index contributed by atoms with van der Waals surface area (Å²) in [4.78, 5) is 24.9. The Bertz CT molecular complexity index is 1020. The monoisotopic (exact) mass is 427 g/mol. The van der Waals surface area contributed by atoms with Crippen LogP contribution in [0.25, 0.3) is 22.6 Å². The van der Waals surface area contributed by atoms with Crippen LogP contribution in [0.4, 0.5) is 10.5 Å². The average molecular weight is 428 g/mol. The highest BCUT2D eigenvalue weighted by Crippen LogP contribution is 2.26. The number of fused-ring (bicyclic) bond motifs is 1. The minimum absolute atomic E-state index is 0.0955. The van der Waals surface area contributed by atoms with Crippen LogP contribution in [-0.2, 0) is 11.3 Å². The van der Waals surface area contributed by atoms with Gasteiger partial charge >= 0.3 is 6.03 Å². The van der Waals surface area contributed by atoms with Crippen LogP contribution in [-0.4, -0.2) is 86.9 Å². The van der Waals surface area contributed by atoms with Crippen molar-refractivity contribution >= 4 is 34.5 Å². The van der Waals surface area contributed by atoms with E-state index in [0.29, 0.717) is 17.2 Å². The lowest BCUT2D eigenvalue weighted by Gasteiger charge is -2.26. The summed E-state index contributed by atoms with van der Waals surface area (Å²) in [6, 6.07) is 6.20. The molecule has 4 heterocycles. The van der Waals surface area contributed by atoms with Crippen molar-refractivity contribution in [2.75, 3.05) is 56.2 Å². The van der Waals surface area contributed by atoms with E-state index >= 15 is 0 Å². The lowest BCUT2D eigenvalue weighted by atomic mass is 10.2. The number of amides is 2. The summed E-state index contributed by atoms with van der Waals surface area (Å²) in [5.41, 5.74) is 4.40. The van der Waals surface area contributed by atoms with E-state index in [1.165, 1.54) is 5.56 Å². The van der Waals surface area contributed by atoms with E-state index < -0.39 is 0 Å².